The van der Waals surface area contributed by atoms with Gasteiger partial charge >= 0.3 is 0 Å². The SMILES string of the molecule is CCCN(C(=O)CCc1nc(-c2ccncc2)no1)C1CCN(C(=O)c2ccccc2)CC1. The molecule has 1 aliphatic heterocycles. The fourth-order valence-corrected chi connectivity index (χ4v) is 4.23. The molecule has 0 unspecified atom stereocenters. The highest BCUT2D eigenvalue weighted by Gasteiger charge is 2.29. The molecule has 0 spiro atoms. The molecule has 0 radical (unpaired) electrons. The Bertz CT molecular complexity index is 1050. The molecule has 1 aliphatic rings. The quantitative estimate of drug-likeness (QED) is 0.524. The number of pyridine rings is 1. The molecule has 172 valence electrons. The van der Waals surface area contributed by atoms with Gasteiger partial charge in [-0.05, 0) is 43.5 Å². The Morgan fingerprint density at radius 3 is 2.52 bits per heavy atom. The zero-order chi connectivity index (χ0) is 23.0. The first-order valence-corrected chi connectivity index (χ1v) is 11.5. The van der Waals surface area contributed by atoms with Gasteiger partial charge in [0, 0.05) is 62.0 Å². The lowest BCUT2D eigenvalue weighted by Crippen LogP contribution is -2.49. The summed E-state index contributed by atoms with van der Waals surface area (Å²) in [6, 6.07) is 13.1. The van der Waals surface area contributed by atoms with Crippen molar-refractivity contribution in [2.45, 2.75) is 45.1 Å². The predicted molar refractivity (Wildman–Crippen MR) is 123 cm³/mol. The van der Waals surface area contributed by atoms with Gasteiger partial charge in [-0.25, -0.2) is 0 Å². The van der Waals surface area contributed by atoms with E-state index in [1.165, 1.54) is 0 Å². The van der Waals surface area contributed by atoms with E-state index in [-0.39, 0.29) is 17.9 Å². The first kappa shape index (κ1) is 22.6. The van der Waals surface area contributed by atoms with Gasteiger partial charge in [-0.1, -0.05) is 30.3 Å². The number of likely N-dealkylation sites (tertiary alicyclic amines) is 1. The summed E-state index contributed by atoms with van der Waals surface area (Å²) in [4.78, 5) is 38.0. The molecule has 4 rings (SSSR count). The number of nitrogens with zero attached hydrogens (tertiary/aromatic N) is 5. The molecular formula is C25H29N5O3. The third-order valence-corrected chi connectivity index (χ3v) is 5.96. The zero-order valence-corrected chi connectivity index (χ0v) is 18.9. The van der Waals surface area contributed by atoms with Crippen LogP contribution in [-0.4, -0.2) is 62.4 Å². The maximum Gasteiger partial charge on any atom is 0.253 e. The Kier molecular flexibility index (Phi) is 7.44. The van der Waals surface area contributed by atoms with Crippen LogP contribution >= 0.6 is 0 Å². The van der Waals surface area contributed by atoms with Gasteiger partial charge in [0.2, 0.25) is 17.6 Å². The summed E-state index contributed by atoms with van der Waals surface area (Å²) >= 11 is 0. The lowest BCUT2D eigenvalue weighted by molar-refractivity contribution is -0.134. The van der Waals surface area contributed by atoms with Crippen LogP contribution in [-0.2, 0) is 11.2 Å². The Morgan fingerprint density at radius 2 is 1.82 bits per heavy atom. The smallest absolute Gasteiger partial charge is 0.253 e. The van der Waals surface area contributed by atoms with Gasteiger partial charge in [-0.15, -0.1) is 0 Å². The first-order chi connectivity index (χ1) is 16.2. The minimum Gasteiger partial charge on any atom is -0.340 e. The number of hydrogen-bond donors (Lipinski definition) is 0. The number of aromatic nitrogens is 3. The minimum atomic E-state index is 0.0591. The summed E-state index contributed by atoms with van der Waals surface area (Å²) in [5.74, 6) is 1.10. The number of carbonyl (C=O) groups excluding carboxylic acids is 2. The molecule has 0 atom stereocenters. The molecular weight excluding hydrogens is 418 g/mol. The van der Waals surface area contributed by atoms with Crippen molar-refractivity contribution in [3.63, 3.8) is 0 Å². The number of amides is 2. The van der Waals surface area contributed by atoms with Crippen molar-refractivity contribution in [1.82, 2.24) is 24.9 Å². The zero-order valence-electron chi connectivity index (χ0n) is 18.9. The Morgan fingerprint density at radius 1 is 1.09 bits per heavy atom. The highest BCUT2D eigenvalue weighted by atomic mass is 16.5. The van der Waals surface area contributed by atoms with Gasteiger partial charge in [0.15, 0.2) is 0 Å². The molecule has 3 heterocycles. The third-order valence-electron chi connectivity index (χ3n) is 5.96. The summed E-state index contributed by atoms with van der Waals surface area (Å²) in [6.07, 6.45) is 6.55. The van der Waals surface area contributed by atoms with Crippen LogP contribution in [0.15, 0.2) is 59.4 Å². The maximum atomic E-state index is 13.1. The molecule has 1 saturated heterocycles. The van der Waals surface area contributed by atoms with Gasteiger partial charge in [-0.3, -0.25) is 14.6 Å². The summed E-state index contributed by atoms with van der Waals surface area (Å²) in [5.41, 5.74) is 1.54. The number of hydrogen-bond acceptors (Lipinski definition) is 6. The van der Waals surface area contributed by atoms with Crippen molar-refractivity contribution in [1.29, 1.82) is 0 Å². The second kappa shape index (κ2) is 10.8. The fourth-order valence-electron chi connectivity index (χ4n) is 4.23. The monoisotopic (exact) mass is 447 g/mol. The number of piperidine rings is 1. The lowest BCUT2D eigenvalue weighted by atomic mass is 10.0. The van der Waals surface area contributed by atoms with E-state index in [2.05, 4.69) is 22.0 Å². The number of rotatable bonds is 8. The highest BCUT2D eigenvalue weighted by Crippen LogP contribution is 2.21. The summed E-state index contributed by atoms with van der Waals surface area (Å²) in [6.45, 7) is 4.10. The molecule has 33 heavy (non-hydrogen) atoms. The van der Waals surface area contributed by atoms with Crippen molar-refractivity contribution < 1.29 is 14.1 Å². The molecule has 3 aromatic rings. The normalized spacial score (nSPS) is 14.3. The Balaban J connectivity index is 1.31. The van der Waals surface area contributed by atoms with Crippen molar-refractivity contribution in [2.75, 3.05) is 19.6 Å². The highest BCUT2D eigenvalue weighted by molar-refractivity contribution is 5.94. The predicted octanol–water partition coefficient (Wildman–Crippen LogP) is 3.61. The van der Waals surface area contributed by atoms with E-state index in [0.717, 1.165) is 24.8 Å². The number of carbonyl (C=O) groups is 2. The molecule has 2 amide bonds. The molecule has 1 fully saturated rings. The van der Waals surface area contributed by atoms with E-state index in [1.54, 1.807) is 12.4 Å². The molecule has 8 nitrogen and oxygen atoms in total. The van der Waals surface area contributed by atoms with Crippen LogP contribution in [0, 0.1) is 0 Å². The van der Waals surface area contributed by atoms with Gasteiger partial charge < -0.3 is 14.3 Å². The molecule has 2 aromatic heterocycles. The van der Waals surface area contributed by atoms with Crippen LogP contribution in [0.2, 0.25) is 0 Å². The van der Waals surface area contributed by atoms with E-state index in [0.29, 0.717) is 49.8 Å². The molecule has 8 heteroatoms. The summed E-state index contributed by atoms with van der Waals surface area (Å²) in [5, 5.41) is 4.01. The minimum absolute atomic E-state index is 0.0591. The maximum absolute atomic E-state index is 13.1. The van der Waals surface area contributed by atoms with Crippen molar-refractivity contribution in [3.05, 3.63) is 66.3 Å². The van der Waals surface area contributed by atoms with E-state index in [4.69, 9.17) is 4.52 Å². The molecule has 0 aliphatic carbocycles. The van der Waals surface area contributed by atoms with E-state index < -0.39 is 0 Å². The van der Waals surface area contributed by atoms with Crippen LogP contribution in [0.4, 0.5) is 0 Å². The molecule has 0 N–H and O–H groups in total. The summed E-state index contributed by atoms with van der Waals surface area (Å²) in [7, 11) is 0. The van der Waals surface area contributed by atoms with Gasteiger partial charge in [0.25, 0.3) is 5.91 Å². The topological polar surface area (TPSA) is 92.4 Å². The van der Waals surface area contributed by atoms with E-state index >= 15 is 0 Å². The van der Waals surface area contributed by atoms with Gasteiger partial charge in [-0.2, -0.15) is 4.98 Å². The van der Waals surface area contributed by atoms with Crippen LogP contribution < -0.4 is 0 Å². The first-order valence-electron chi connectivity index (χ1n) is 11.5. The fraction of sp³-hybridized carbons (Fsp3) is 0.400. The largest absolute Gasteiger partial charge is 0.340 e. The van der Waals surface area contributed by atoms with Crippen molar-refractivity contribution in [2.24, 2.45) is 0 Å². The number of aryl methyl sites for hydroxylation is 1. The van der Waals surface area contributed by atoms with E-state index in [9.17, 15) is 9.59 Å². The Hall–Kier alpha value is -3.55. The standard InChI is InChI=1S/C25H29N5O3/c1-2-16-30(21-12-17-29(18-13-21)25(32)20-6-4-3-5-7-20)23(31)9-8-22-27-24(28-33-22)19-10-14-26-15-11-19/h3-7,10-11,14-15,21H,2,8-9,12-13,16-18H2,1H3. The van der Waals surface area contributed by atoms with Gasteiger partial charge in [0.1, 0.15) is 0 Å². The average Bonchev–Trinajstić information content (AvgIpc) is 3.36. The average molecular weight is 448 g/mol. The van der Waals surface area contributed by atoms with Crippen LogP contribution in [0.25, 0.3) is 11.4 Å². The van der Waals surface area contributed by atoms with Crippen LogP contribution in [0.3, 0.4) is 0 Å². The van der Waals surface area contributed by atoms with Crippen LogP contribution in [0.1, 0.15) is 48.9 Å². The molecule has 0 saturated carbocycles. The summed E-state index contributed by atoms with van der Waals surface area (Å²) < 4.78 is 5.34. The second-order valence-electron chi connectivity index (χ2n) is 8.22. The number of benzene rings is 1. The second-order valence-corrected chi connectivity index (χ2v) is 8.22. The van der Waals surface area contributed by atoms with Gasteiger partial charge in [0.05, 0.1) is 0 Å². The van der Waals surface area contributed by atoms with Crippen LogP contribution in [0.5, 0.6) is 0 Å². The van der Waals surface area contributed by atoms with E-state index in [1.807, 2.05) is 52.3 Å². The molecule has 0 bridgehead atoms. The molecule has 1 aromatic carbocycles. The lowest BCUT2D eigenvalue weighted by Gasteiger charge is -2.38. The Labute approximate surface area is 193 Å². The van der Waals surface area contributed by atoms with Crippen molar-refractivity contribution in [3.8, 4) is 11.4 Å². The third kappa shape index (κ3) is 5.63. The van der Waals surface area contributed by atoms with Crippen molar-refractivity contribution >= 4 is 11.8 Å².